The number of aliphatic hydroxyl groups excluding tert-OH is 1. The molecule has 4 nitrogen and oxygen atoms in total. The highest BCUT2D eigenvalue weighted by Gasteiger charge is 2.25. The van der Waals surface area contributed by atoms with E-state index >= 15 is 0 Å². The van der Waals surface area contributed by atoms with Gasteiger partial charge in [-0.15, -0.1) is 0 Å². The largest absolute Gasteiger partial charge is 0.394 e. The Balaban J connectivity index is 2.17. The van der Waals surface area contributed by atoms with Gasteiger partial charge < -0.3 is 14.7 Å². The fourth-order valence-electron chi connectivity index (χ4n) is 1.99. The van der Waals surface area contributed by atoms with Crippen molar-refractivity contribution in [3.63, 3.8) is 0 Å². The van der Waals surface area contributed by atoms with Crippen LogP contribution in [0.4, 0.5) is 0 Å². The molecule has 1 aliphatic rings. The third-order valence-electron chi connectivity index (χ3n) is 2.98. The maximum Gasteiger partial charge on any atom is 0.255 e. The van der Waals surface area contributed by atoms with Crippen molar-refractivity contribution in [2.24, 2.45) is 0 Å². The zero-order valence-corrected chi connectivity index (χ0v) is 11.8. The van der Waals surface area contributed by atoms with E-state index < -0.39 is 0 Å². The predicted octanol–water partition coefficient (Wildman–Crippen LogP) is 1.59. The first-order chi connectivity index (χ1) is 8.61. The summed E-state index contributed by atoms with van der Waals surface area (Å²) < 4.78 is 6.14. The van der Waals surface area contributed by atoms with Crippen LogP contribution in [-0.4, -0.2) is 48.3 Å². The summed E-state index contributed by atoms with van der Waals surface area (Å²) >= 11 is 3.40. The molecule has 0 spiro atoms. The number of carbonyl (C=O) groups excluding carboxylic acids is 1. The van der Waals surface area contributed by atoms with Crippen LogP contribution in [-0.2, 0) is 4.74 Å². The molecule has 0 bridgehead atoms. The van der Waals surface area contributed by atoms with Crippen molar-refractivity contribution in [3.8, 4) is 0 Å². The number of aliphatic hydroxyl groups is 1. The molecule has 2 rings (SSSR count). The van der Waals surface area contributed by atoms with E-state index in [0.717, 1.165) is 10.0 Å². The maximum absolute atomic E-state index is 12.4. The first-order valence-electron chi connectivity index (χ1n) is 5.89. The summed E-state index contributed by atoms with van der Waals surface area (Å²) in [6.45, 7) is 3.38. The lowest BCUT2D eigenvalue weighted by Crippen LogP contribution is -2.47. The number of carbonyl (C=O) groups is 1. The molecule has 0 saturated carbocycles. The Hall–Kier alpha value is -0.910. The van der Waals surface area contributed by atoms with E-state index in [9.17, 15) is 4.79 Å². The molecule has 1 amide bonds. The van der Waals surface area contributed by atoms with Gasteiger partial charge in [0.2, 0.25) is 0 Å². The van der Waals surface area contributed by atoms with Gasteiger partial charge in [-0.25, -0.2) is 0 Å². The Morgan fingerprint density at radius 3 is 3.11 bits per heavy atom. The van der Waals surface area contributed by atoms with Crippen LogP contribution in [0.3, 0.4) is 0 Å². The number of nitrogens with zero attached hydrogens (tertiary/aromatic N) is 1. The number of halogens is 1. The zero-order chi connectivity index (χ0) is 13.1. The second kappa shape index (κ2) is 5.82. The van der Waals surface area contributed by atoms with E-state index in [0.29, 0.717) is 25.3 Å². The van der Waals surface area contributed by atoms with Gasteiger partial charge in [0.1, 0.15) is 0 Å². The second-order valence-electron chi connectivity index (χ2n) is 4.41. The summed E-state index contributed by atoms with van der Waals surface area (Å²) in [5, 5.41) is 9.09. The normalized spacial score (nSPS) is 19.9. The van der Waals surface area contributed by atoms with Crippen LogP contribution in [0, 0.1) is 6.92 Å². The van der Waals surface area contributed by atoms with E-state index in [1.807, 2.05) is 25.1 Å². The molecule has 0 radical (unpaired) electrons. The Morgan fingerprint density at radius 2 is 2.39 bits per heavy atom. The molecule has 5 heteroatoms. The molecule has 1 fully saturated rings. The number of hydrogen-bond acceptors (Lipinski definition) is 3. The molecule has 1 aliphatic heterocycles. The first-order valence-corrected chi connectivity index (χ1v) is 6.69. The van der Waals surface area contributed by atoms with E-state index in [1.165, 1.54) is 0 Å². The maximum atomic E-state index is 12.4. The molecule has 1 saturated heterocycles. The summed E-state index contributed by atoms with van der Waals surface area (Å²) in [6.07, 6.45) is -0.272. The molecule has 98 valence electrons. The molecule has 18 heavy (non-hydrogen) atoms. The third-order valence-corrected chi connectivity index (χ3v) is 3.67. The van der Waals surface area contributed by atoms with Crippen LogP contribution < -0.4 is 0 Å². The van der Waals surface area contributed by atoms with Gasteiger partial charge in [-0.3, -0.25) is 4.79 Å². The van der Waals surface area contributed by atoms with Gasteiger partial charge in [0, 0.05) is 17.6 Å². The monoisotopic (exact) mass is 313 g/mol. The topological polar surface area (TPSA) is 49.8 Å². The van der Waals surface area contributed by atoms with Gasteiger partial charge in [-0.1, -0.05) is 11.6 Å². The van der Waals surface area contributed by atoms with Gasteiger partial charge in [-0.05, 0) is 35.0 Å². The molecular weight excluding hydrogens is 298 g/mol. The lowest BCUT2D eigenvalue weighted by atomic mass is 10.1. The van der Waals surface area contributed by atoms with E-state index in [1.54, 1.807) is 4.90 Å². The lowest BCUT2D eigenvalue weighted by molar-refractivity contribution is -0.0447. The Morgan fingerprint density at radius 1 is 1.61 bits per heavy atom. The standard InChI is InChI=1S/C13H16BrNO3/c1-9-2-3-12(14)11(6-9)13(17)15-4-5-18-10(7-15)8-16/h2-3,6,10,16H,4-5,7-8H2,1H3. The van der Waals surface area contributed by atoms with E-state index in [-0.39, 0.29) is 18.6 Å². The van der Waals surface area contributed by atoms with Crippen LogP contribution in [0.1, 0.15) is 15.9 Å². The summed E-state index contributed by atoms with van der Waals surface area (Å²) in [5.41, 5.74) is 1.71. The van der Waals surface area contributed by atoms with Crippen molar-refractivity contribution >= 4 is 21.8 Å². The quantitative estimate of drug-likeness (QED) is 0.902. The van der Waals surface area contributed by atoms with E-state index in [4.69, 9.17) is 9.84 Å². The van der Waals surface area contributed by atoms with Crippen molar-refractivity contribution in [3.05, 3.63) is 33.8 Å². The molecular formula is C13H16BrNO3. The van der Waals surface area contributed by atoms with Gasteiger partial charge >= 0.3 is 0 Å². The molecule has 1 heterocycles. The smallest absolute Gasteiger partial charge is 0.255 e. The Labute approximate surface area is 115 Å². The summed E-state index contributed by atoms with van der Waals surface area (Å²) in [6, 6.07) is 5.71. The van der Waals surface area contributed by atoms with Gasteiger partial charge in [0.15, 0.2) is 0 Å². The number of aryl methyl sites for hydroxylation is 1. The minimum absolute atomic E-state index is 0.0210. The highest BCUT2D eigenvalue weighted by Crippen LogP contribution is 2.21. The van der Waals surface area contributed by atoms with Crippen LogP contribution in [0.25, 0.3) is 0 Å². The minimum atomic E-state index is -0.272. The van der Waals surface area contributed by atoms with Crippen molar-refractivity contribution in [1.82, 2.24) is 4.90 Å². The summed E-state index contributed by atoms with van der Waals surface area (Å²) in [5.74, 6) is -0.0210. The molecule has 0 aromatic heterocycles. The van der Waals surface area contributed by atoms with Crippen molar-refractivity contribution in [2.75, 3.05) is 26.3 Å². The summed E-state index contributed by atoms with van der Waals surface area (Å²) in [7, 11) is 0. The second-order valence-corrected chi connectivity index (χ2v) is 5.26. The van der Waals surface area contributed by atoms with Crippen molar-refractivity contribution in [1.29, 1.82) is 0 Å². The van der Waals surface area contributed by atoms with Crippen LogP contribution in [0.15, 0.2) is 22.7 Å². The molecule has 1 aromatic rings. The van der Waals surface area contributed by atoms with Crippen molar-refractivity contribution in [2.45, 2.75) is 13.0 Å². The Bertz CT molecular complexity index is 450. The van der Waals surface area contributed by atoms with Crippen LogP contribution in [0.5, 0.6) is 0 Å². The highest BCUT2D eigenvalue weighted by atomic mass is 79.9. The fourth-order valence-corrected chi connectivity index (χ4v) is 2.40. The van der Waals surface area contributed by atoms with Crippen molar-refractivity contribution < 1.29 is 14.6 Å². The van der Waals surface area contributed by atoms with Crippen LogP contribution in [0.2, 0.25) is 0 Å². The van der Waals surface area contributed by atoms with Crippen LogP contribution >= 0.6 is 15.9 Å². The predicted molar refractivity (Wildman–Crippen MR) is 71.6 cm³/mol. The zero-order valence-electron chi connectivity index (χ0n) is 10.2. The average Bonchev–Trinajstić information content (AvgIpc) is 2.41. The first kappa shape index (κ1) is 13.5. The SMILES string of the molecule is Cc1ccc(Br)c(C(=O)N2CCOC(CO)C2)c1. The van der Waals surface area contributed by atoms with Gasteiger partial charge in [0.05, 0.1) is 24.9 Å². The summed E-state index contributed by atoms with van der Waals surface area (Å²) in [4.78, 5) is 14.1. The number of ether oxygens (including phenoxy) is 1. The number of benzene rings is 1. The highest BCUT2D eigenvalue weighted by molar-refractivity contribution is 9.10. The van der Waals surface area contributed by atoms with Gasteiger partial charge in [-0.2, -0.15) is 0 Å². The molecule has 1 N–H and O–H groups in total. The number of morpholine rings is 1. The van der Waals surface area contributed by atoms with Gasteiger partial charge in [0.25, 0.3) is 5.91 Å². The average molecular weight is 314 g/mol. The molecule has 1 atom stereocenters. The fraction of sp³-hybridized carbons (Fsp3) is 0.462. The number of amides is 1. The molecule has 1 aromatic carbocycles. The minimum Gasteiger partial charge on any atom is -0.394 e. The molecule has 0 aliphatic carbocycles. The number of rotatable bonds is 2. The van der Waals surface area contributed by atoms with E-state index in [2.05, 4.69) is 15.9 Å². The molecule has 1 unspecified atom stereocenters. The Kier molecular flexibility index (Phi) is 4.37. The lowest BCUT2D eigenvalue weighted by Gasteiger charge is -2.32. The number of hydrogen-bond donors (Lipinski definition) is 1. The third kappa shape index (κ3) is 2.91.